The number of nitrogens with zero attached hydrogens (tertiary/aromatic N) is 2. The molecule has 0 unspecified atom stereocenters. The minimum absolute atomic E-state index is 0.00570. The number of methoxy groups -OCH3 is 2. The van der Waals surface area contributed by atoms with Gasteiger partial charge in [0, 0.05) is 34.4 Å². The molecule has 5 amide bonds. The lowest BCUT2D eigenvalue weighted by molar-refractivity contribution is -0.149. The van der Waals surface area contributed by atoms with Gasteiger partial charge in [-0.15, -0.1) is 0 Å². The van der Waals surface area contributed by atoms with Crippen LogP contribution in [0.3, 0.4) is 0 Å². The summed E-state index contributed by atoms with van der Waals surface area (Å²) in [6, 6.07) is 6.83. The van der Waals surface area contributed by atoms with Gasteiger partial charge in [-0.2, -0.15) is 0 Å². The predicted molar refractivity (Wildman–Crippen MR) is 208 cm³/mol. The molecule has 3 rings (SSSR count). The molecule has 14 heteroatoms. The summed E-state index contributed by atoms with van der Waals surface area (Å²) in [6.07, 6.45) is -1.75. The maximum absolute atomic E-state index is 14.4. The van der Waals surface area contributed by atoms with E-state index >= 15 is 0 Å². The van der Waals surface area contributed by atoms with Crippen LogP contribution in [0.2, 0.25) is 0 Å². The number of likely N-dealkylation sites (N-methyl/N-ethyl adjacent to an activating group) is 1. The van der Waals surface area contributed by atoms with E-state index in [0.29, 0.717) is 24.3 Å². The van der Waals surface area contributed by atoms with Crippen molar-refractivity contribution in [1.29, 1.82) is 0 Å². The third kappa shape index (κ3) is 11.2. The largest absolute Gasteiger partial charge is 0.436 e. The Labute approximate surface area is 327 Å². The van der Waals surface area contributed by atoms with E-state index in [1.807, 2.05) is 62.9 Å². The van der Waals surface area contributed by atoms with Crippen LogP contribution >= 0.6 is 0 Å². The number of benzene rings is 1. The zero-order valence-corrected chi connectivity index (χ0v) is 34.9. The number of amides is 5. The normalized spacial score (nSPS) is 22.6. The number of aliphatic hydroxyl groups is 1. The Morgan fingerprint density at radius 1 is 0.909 bits per heavy atom. The highest BCUT2D eigenvalue weighted by Gasteiger charge is 2.57. The first-order valence-electron chi connectivity index (χ1n) is 19.8. The first-order valence-corrected chi connectivity index (χ1v) is 19.8. The number of hydrogen-bond acceptors (Lipinski definition) is 9. The molecule has 1 aromatic rings. The summed E-state index contributed by atoms with van der Waals surface area (Å²) in [7, 11) is 6.17. The number of rotatable bonds is 20. The summed E-state index contributed by atoms with van der Waals surface area (Å²) in [5.74, 6) is -2.38. The first-order chi connectivity index (χ1) is 25.9. The molecule has 1 saturated carbocycles. The van der Waals surface area contributed by atoms with Crippen molar-refractivity contribution in [2.75, 3.05) is 28.3 Å². The molecule has 55 heavy (non-hydrogen) atoms. The summed E-state index contributed by atoms with van der Waals surface area (Å²) in [6.45, 7) is 14.7. The lowest BCUT2D eigenvalue weighted by Gasteiger charge is -2.41. The van der Waals surface area contributed by atoms with E-state index in [1.165, 1.54) is 14.2 Å². The number of ether oxygens (including phenoxy) is 3. The molecule has 0 radical (unpaired) electrons. The van der Waals surface area contributed by atoms with Crippen LogP contribution < -0.4 is 16.0 Å². The van der Waals surface area contributed by atoms with Crippen LogP contribution in [0.15, 0.2) is 30.3 Å². The molecule has 1 heterocycles. The van der Waals surface area contributed by atoms with Crippen molar-refractivity contribution in [3.63, 3.8) is 0 Å². The number of alkyl carbamates (subject to hydrolysis) is 1. The molecule has 1 aromatic carbocycles. The van der Waals surface area contributed by atoms with Gasteiger partial charge >= 0.3 is 6.09 Å². The van der Waals surface area contributed by atoms with E-state index in [1.54, 1.807) is 46.8 Å². The van der Waals surface area contributed by atoms with Crippen LogP contribution in [0, 0.1) is 29.6 Å². The molecule has 1 aliphatic heterocycles. The molecule has 0 aromatic heterocycles. The molecule has 2 fully saturated rings. The average molecular weight is 774 g/mol. The number of aliphatic hydroxyl groups excluding tert-OH is 1. The van der Waals surface area contributed by atoms with Gasteiger partial charge in [0.2, 0.25) is 17.7 Å². The average Bonchev–Trinajstić information content (AvgIpc) is 3.83. The monoisotopic (exact) mass is 773 g/mol. The van der Waals surface area contributed by atoms with Gasteiger partial charge in [0.15, 0.2) is 6.10 Å². The third-order valence-corrected chi connectivity index (χ3v) is 11.6. The van der Waals surface area contributed by atoms with Gasteiger partial charge in [0.25, 0.3) is 5.91 Å². The molecule has 0 spiro atoms. The topological polar surface area (TPSA) is 176 Å². The summed E-state index contributed by atoms with van der Waals surface area (Å²) in [5, 5.41) is 19.0. The van der Waals surface area contributed by atoms with Crippen molar-refractivity contribution in [1.82, 2.24) is 25.8 Å². The van der Waals surface area contributed by atoms with E-state index in [4.69, 9.17) is 14.2 Å². The van der Waals surface area contributed by atoms with E-state index < -0.39 is 60.5 Å². The zero-order valence-electron chi connectivity index (χ0n) is 34.9. The second-order valence-corrected chi connectivity index (χ2v) is 16.2. The van der Waals surface area contributed by atoms with Gasteiger partial charge in [0.1, 0.15) is 6.04 Å². The van der Waals surface area contributed by atoms with Crippen molar-refractivity contribution >= 4 is 29.7 Å². The highest BCUT2D eigenvalue weighted by atomic mass is 16.6. The van der Waals surface area contributed by atoms with Crippen molar-refractivity contribution < 1.29 is 43.3 Å². The van der Waals surface area contributed by atoms with Crippen LogP contribution in [0.25, 0.3) is 0 Å². The molecule has 1 aliphatic carbocycles. The second-order valence-electron chi connectivity index (χ2n) is 16.2. The maximum Gasteiger partial charge on any atom is 0.407 e. The second kappa shape index (κ2) is 20.4. The van der Waals surface area contributed by atoms with Gasteiger partial charge in [-0.25, -0.2) is 4.79 Å². The Bertz CT molecular complexity index is 1440. The summed E-state index contributed by atoms with van der Waals surface area (Å²) >= 11 is 0. The fourth-order valence-corrected chi connectivity index (χ4v) is 8.02. The van der Waals surface area contributed by atoms with Crippen LogP contribution in [-0.4, -0.2) is 121 Å². The lowest BCUT2D eigenvalue weighted by Crippen LogP contribution is -2.59. The van der Waals surface area contributed by atoms with Gasteiger partial charge in [-0.3, -0.25) is 19.2 Å². The summed E-state index contributed by atoms with van der Waals surface area (Å²) in [4.78, 5) is 71.1. The number of nitrogens with one attached hydrogen (secondary N) is 3. The molecule has 12 atom stereocenters. The Hall–Kier alpha value is -3.75. The first kappa shape index (κ1) is 45.6. The van der Waals surface area contributed by atoms with E-state index in [2.05, 4.69) is 16.0 Å². The smallest absolute Gasteiger partial charge is 0.407 e. The van der Waals surface area contributed by atoms with Crippen molar-refractivity contribution in [2.45, 2.75) is 136 Å². The molecule has 4 N–H and O–H groups in total. The van der Waals surface area contributed by atoms with Crippen molar-refractivity contribution in [3.05, 3.63) is 35.9 Å². The minimum atomic E-state index is -1.11. The van der Waals surface area contributed by atoms with Gasteiger partial charge in [0.05, 0.1) is 48.8 Å². The number of likely N-dealkylation sites (tertiary alicyclic amines) is 1. The van der Waals surface area contributed by atoms with Gasteiger partial charge in [-0.1, -0.05) is 85.2 Å². The maximum atomic E-state index is 14.4. The van der Waals surface area contributed by atoms with Crippen LogP contribution in [-0.2, 0) is 33.4 Å². The lowest BCUT2D eigenvalue weighted by atomic mass is 9.89. The number of carbonyl (C=O) groups is 5. The van der Waals surface area contributed by atoms with Crippen molar-refractivity contribution in [2.24, 2.45) is 29.6 Å². The molecule has 2 aliphatic rings. The van der Waals surface area contributed by atoms with Crippen LogP contribution in [0.4, 0.5) is 4.79 Å². The fraction of sp³-hybridized carbons (Fsp3) is 0.732. The summed E-state index contributed by atoms with van der Waals surface area (Å²) < 4.78 is 17.3. The Morgan fingerprint density at radius 3 is 2.07 bits per heavy atom. The molecule has 310 valence electrons. The Balaban J connectivity index is 1.79. The quantitative estimate of drug-likeness (QED) is 0.154. The highest BCUT2D eigenvalue weighted by Crippen LogP contribution is 2.50. The van der Waals surface area contributed by atoms with Gasteiger partial charge in [-0.05, 0) is 49.0 Å². The predicted octanol–water partition coefficient (Wildman–Crippen LogP) is 3.66. The molecule has 1 saturated heterocycles. The number of piperidine rings is 1. The Morgan fingerprint density at radius 2 is 1.55 bits per heavy atom. The van der Waals surface area contributed by atoms with Gasteiger partial charge < -0.3 is 45.1 Å². The fourth-order valence-electron chi connectivity index (χ4n) is 8.02. The third-order valence-electron chi connectivity index (χ3n) is 11.6. The van der Waals surface area contributed by atoms with Crippen LogP contribution in [0.1, 0.15) is 92.7 Å². The standard InChI is InChI=1S/C41H67N5O9/c1-13-24(6)34(45(10)40(51)33(22(2)3)44-39(50)36(23(4)5)55-41(52)42-9)31(53-11)21-32(47)46-29-19-28(29)20-30(46)37(54-12)25(7)38(49)43-26(8)35(48)27-17-15-14-16-18-27/h14-18,22-26,28-31,33-37,48H,13,19-21H2,1-12H3,(H,42,52)(H,43,49)(H,44,50)/t24-,25+,26+,28-,29-,30-,31+,33-,34-,35+,36-,37+/m0/s1. The number of fused-ring (bicyclic) bond motifs is 1. The van der Waals surface area contributed by atoms with Crippen molar-refractivity contribution in [3.8, 4) is 0 Å². The molecule has 14 nitrogen and oxygen atoms in total. The molecular formula is C41H67N5O9. The number of carbonyl (C=O) groups excluding carboxylic acids is 5. The van der Waals surface area contributed by atoms with E-state index in [-0.39, 0.29) is 54.0 Å². The summed E-state index contributed by atoms with van der Waals surface area (Å²) in [5.41, 5.74) is 0.700. The molecular weight excluding hydrogens is 706 g/mol. The zero-order chi connectivity index (χ0) is 41.3. The minimum Gasteiger partial charge on any atom is -0.436 e. The highest BCUT2D eigenvalue weighted by molar-refractivity contribution is 5.91. The SMILES string of the molecule is CC[C@H](C)[C@@H]([C@@H](CC(=O)N1[C@H]2C[C@H]2C[C@H]1[C@H](OC)[C@@H](C)C(=O)N[C@H](C)[C@@H](O)c1ccccc1)OC)N(C)C(=O)[C@@H](NC(=O)[C@@H](OC(=O)NC)C(C)C)C(C)C. The number of hydrogen-bond donors (Lipinski definition) is 4. The van der Waals surface area contributed by atoms with E-state index in [0.717, 1.165) is 6.42 Å². The Kier molecular flexibility index (Phi) is 16.9. The van der Waals surface area contributed by atoms with E-state index in [9.17, 15) is 29.1 Å². The van der Waals surface area contributed by atoms with Crippen LogP contribution in [0.5, 0.6) is 0 Å². The molecule has 0 bridgehead atoms.